The van der Waals surface area contributed by atoms with Gasteiger partial charge >= 0.3 is 6.36 Å². The summed E-state index contributed by atoms with van der Waals surface area (Å²) >= 11 is 0. The van der Waals surface area contributed by atoms with Gasteiger partial charge in [0.15, 0.2) is 5.95 Å². The molecule has 2 amide bonds. The zero-order valence-corrected chi connectivity index (χ0v) is 17.5. The molecule has 1 N–H and O–H groups in total. The lowest BCUT2D eigenvalue weighted by molar-refractivity contribution is -0.677. The van der Waals surface area contributed by atoms with Crippen LogP contribution >= 0.6 is 0 Å². The first-order valence-electron chi connectivity index (χ1n) is 9.84. The lowest BCUT2D eigenvalue weighted by Gasteiger charge is -2.16. The molecule has 0 radical (unpaired) electrons. The highest BCUT2D eigenvalue weighted by Crippen LogP contribution is 2.28. The fraction of sp³-hybridized carbons (Fsp3) is 0.238. The van der Waals surface area contributed by atoms with E-state index in [4.69, 9.17) is 9.26 Å². The Morgan fingerprint density at radius 1 is 1.15 bits per heavy atom. The number of amides is 2. The maximum atomic E-state index is 12.8. The second-order valence-electron chi connectivity index (χ2n) is 7.16. The van der Waals surface area contributed by atoms with Crippen LogP contribution in [0, 0.1) is 0 Å². The van der Waals surface area contributed by atoms with Crippen LogP contribution in [0.15, 0.2) is 53.1 Å². The molecule has 2 aromatic carbocycles. The van der Waals surface area contributed by atoms with E-state index in [0.717, 1.165) is 17.0 Å². The first-order valence-corrected chi connectivity index (χ1v) is 9.84. The van der Waals surface area contributed by atoms with Gasteiger partial charge in [0.05, 0.1) is 37.1 Å². The molecule has 1 atom stereocenters. The highest BCUT2D eigenvalue weighted by Gasteiger charge is 2.40. The molecule has 13 heteroatoms. The third-order valence-electron chi connectivity index (χ3n) is 5.00. The summed E-state index contributed by atoms with van der Waals surface area (Å²) in [5, 5.41) is 18.7. The molecule has 10 nitrogen and oxygen atoms in total. The molecular formula is C21H17F3N4O6. The first-order chi connectivity index (χ1) is 16.2. The highest BCUT2D eigenvalue weighted by molar-refractivity contribution is 6.22. The Labute approximate surface area is 190 Å². The van der Waals surface area contributed by atoms with Crippen molar-refractivity contribution in [3.63, 3.8) is 0 Å². The standard InChI is InChI=1S/C21H17F3N4O6/c1-32-14-6-4-13(5-7-14)28-17(20(31)34-26-28)11-25-16-10-18(29)27(19(16)30)12-2-8-15(9-3-12)33-21(22,23)24/h2-9,16,25H,10-11H2,1H3. The summed E-state index contributed by atoms with van der Waals surface area (Å²) in [7, 11) is 1.51. The van der Waals surface area contributed by atoms with E-state index in [1.165, 1.54) is 23.9 Å². The van der Waals surface area contributed by atoms with Crippen molar-refractivity contribution in [2.45, 2.75) is 25.4 Å². The van der Waals surface area contributed by atoms with Crippen molar-refractivity contribution in [1.82, 2.24) is 10.6 Å². The van der Waals surface area contributed by atoms with Crippen molar-refractivity contribution in [3.8, 4) is 23.1 Å². The number of nitrogens with one attached hydrogen (secondary N) is 1. The monoisotopic (exact) mass is 478 g/mol. The number of carbonyl (C=O) groups is 2. The van der Waals surface area contributed by atoms with Gasteiger partial charge in [-0.2, -0.15) is 0 Å². The SMILES string of the molecule is COc1ccc(-[n+]2noc([O-])c2CNC2CC(=O)N(c3ccc(OC(F)(F)F)cc3)C2=O)cc1. The van der Waals surface area contributed by atoms with E-state index in [1.807, 2.05) is 0 Å². The summed E-state index contributed by atoms with van der Waals surface area (Å²) in [5.41, 5.74) is 0.703. The van der Waals surface area contributed by atoms with Gasteiger partial charge in [0.25, 0.3) is 11.6 Å². The molecule has 34 heavy (non-hydrogen) atoms. The number of hydrogen-bond donors (Lipinski definition) is 1. The number of hydrogen-bond acceptors (Lipinski definition) is 8. The summed E-state index contributed by atoms with van der Waals surface area (Å²) in [4.78, 5) is 26.1. The Kier molecular flexibility index (Phi) is 6.11. The number of aromatic nitrogens is 2. The Bertz CT molecular complexity index is 1190. The van der Waals surface area contributed by atoms with Crippen LogP contribution in [0.25, 0.3) is 5.69 Å². The Morgan fingerprint density at radius 2 is 1.79 bits per heavy atom. The van der Waals surface area contributed by atoms with Crippen molar-refractivity contribution < 1.29 is 46.5 Å². The molecule has 1 aliphatic heterocycles. The zero-order chi connectivity index (χ0) is 24.5. The van der Waals surface area contributed by atoms with Crippen LogP contribution in [-0.4, -0.2) is 36.6 Å². The third-order valence-corrected chi connectivity index (χ3v) is 5.00. The molecule has 1 saturated heterocycles. The summed E-state index contributed by atoms with van der Waals surface area (Å²) in [6, 6.07) is 10.0. The number of nitrogens with zero attached hydrogens (tertiary/aromatic N) is 3. The van der Waals surface area contributed by atoms with Crippen LogP contribution in [-0.2, 0) is 16.1 Å². The van der Waals surface area contributed by atoms with Crippen LogP contribution in [0.3, 0.4) is 0 Å². The number of imide groups is 1. The van der Waals surface area contributed by atoms with Gasteiger partial charge in [-0.3, -0.25) is 14.9 Å². The minimum Gasteiger partial charge on any atom is -0.539 e. The molecule has 0 aliphatic carbocycles. The molecule has 1 fully saturated rings. The quantitative estimate of drug-likeness (QED) is 0.399. The molecule has 1 aliphatic rings. The number of halogens is 3. The van der Waals surface area contributed by atoms with Crippen molar-refractivity contribution in [3.05, 3.63) is 54.2 Å². The lowest BCUT2D eigenvalue weighted by atomic mass is 10.2. The number of benzene rings is 2. The molecule has 178 valence electrons. The Balaban J connectivity index is 1.46. The fourth-order valence-electron chi connectivity index (χ4n) is 3.42. The third kappa shape index (κ3) is 4.78. The van der Waals surface area contributed by atoms with Crippen LogP contribution in [0.1, 0.15) is 12.1 Å². The van der Waals surface area contributed by atoms with Gasteiger partial charge in [0.2, 0.25) is 11.6 Å². The van der Waals surface area contributed by atoms with E-state index in [9.17, 15) is 27.9 Å². The van der Waals surface area contributed by atoms with Gasteiger partial charge in [0, 0.05) is 12.1 Å². The van der Waals surface area contributed by atoms with Crippen LogP contribution in [0.2, 0.25) is 0 Å². The van der Waals surface area contributed by atoms with Gasteiger partial charge in [-0.25, -0.2) is 4.90 Å². The molecule has 2 heterocycles. The average Bonchev–Trinajstić information content (AvgIpc) is 3.30. The molecular weight excluding hydrogens is 461 g/mol. The van der Waals surface area contributed by atoms with Gasteiger partial charge in [0.1, 0.15) is 11.5 Å². The average molecular weight is 478 g/mol. The number of methoxy groups -OCH3 is 1. The molecule has 0 saturated carbocycles. The second kappa shape index (κ2) is 9.02. The van der Waals surface area contributed by atoms with E-state index in [-0.39, 0.29) is 24.3 Å². The van der Waals surface area contributed by atoms with E-state index >= 15 is 0 Å². The topological polar surface area (TPSA) is 121 Å². The minimum atomic E-state index is -4.86. The number of alkyl halides is 3. The fourth-order valence-corrected chi connectivity index (χ4v) is 3.42. The van der Waals surface area contributed by atoms with E-state index in [2.05, 4.69) is 15.3 Å². The summed E-state index contributed by atoms with van der Waals surface area (Å²) in [6.45, 7) is -0.135. The molecule has 1 aromatic heterocycles. The highest BCUT2D eigenvalue weighted by atomic mass is 19.4. The van der Waals surface area contributed by atoms with E-state index in [1.54, 1.807) is 24.3 Å². The van der Waals surface area contributed by atoms with Crippen LogP contribution in [0.5, 0.6) is 17.4 Å². The molecule has 0 spiro atoms. The largest absolute Gasteiger partial charge is 0.573 e. The number of carbonyl (C=O) groups excluding carboxylic acids is 2. The van der Waals surface area contributed by atoms with Gasteiger partial charge in [-0.1, -0.05) is 0 Å². The normalized spacial score (nSPS) is 16.2. The van der Waals surface area contributed by atoms with E-state index in [0.29, 0.717) is 11.4 Å². The number of anilines is 1. The maximum absolute atomic E-state index is 12.8. The van der Waals surface area contributed by atoms with Gasteiger partial charge < -0.3 is 19.1 Å². The van der Waals surface area contributed by atoms with Gasteiger partial charge in [-0.05, 0) is 41.1 Å². The number of rotatable bonds is 7. The predicted octanol–water partition coefficient (Wildman–Crippen LogP) is 1.35. The number of ether oxygens (including phenoxy) is 2. The minimum absolute atomic E-state index is 0.0941. The van der Waals surface area contributed by atoms with Crippen molar-refractivity contribution in [2.24, 2.45) is 0 Å². The summed E-state index contributed by atoms with van der Waals surface area (Å²) < 4.78 is 51.9. The Hall–Kier alpha value is -4.13. The van der Waals surface area contributed by atoms with Crippen molar-refractivity contribution in [1.29, 1.82) is 0 Å². The first kappa shape index (κ1) is 23.0. The van der Waals surface area contributed by atoms with Crippen LogP contribution < -0.4 is 29.5 Å². The predicted molar refractivity (Wildman–Crippen MR) is 105 cm³/mol. The molecule has 3 aromatic rings. The zero-order valence-electron chi connectivity index (χ0n) is 17.5. The summed E-state index contributed by atoms with van der Waals surface area (Å²) in [5.74, 6) is -1.78. The molecule has 4 rings (SSSR count). The second-order valence-corrected chi connectivity index (χ2v) is 7.16. The van der Waals surface area contributed by atoms with Gasteiger partial charge in [-0.15, -0.1) is 13.2 Å². The lowest BCUT2D eigenvalue weighted by Crippen LogP contribution is -2.43. The maximum Gasteiger partial charge on any atom is 0.573 e. The van der Waals surface area contributed by atoms with Crippen LogP contribution in [0.4, 0.5) is 18.9 Å². The Morgan fingerprint density at radius 3 is 2.41 bits per heavy atom. The molecule has 1 unspecified atom stereocenters. The van der Waals surface area contributed by atoms with Crippen molar-refractivity contribution >= 4 is 17.5 Å². The van der Waals surface area contributed by atoms with Crippen molar-refractivity contribution in [2.75, 3.05) is 12.0 Å². The molecule has 0 bridgehead atoms. The summed E-state index contributed by atoms with van der Waals surface area (Å²) in [6.07, 6.45) is -5.07. The van der Waals surface area contributed by atoms with E-state index < -0.39 is 35.9 Å². The smallest absolute Gasteiger partial charge is 0.539 e.